The largest absolute Gasteiger partial charge is 0.497 e. The maximum atomic E-state index is 14.6. The second kappa shape index (κ2) is 10.2. The summed E-state index contributed by atoms with van der Waals surface area (Å²) in [5, 5.41) is 4.76. The molecule has 4 aromatic rings. The fourth-order valence-electron chi connectivity index (χ4n) is 4.23. The Bertz CT molecular complexity index is 1350. The van der Waals surface area contributed by atoms with E-state index >= 15 is 0 Å². The Balaban J connectivity index is 1.55. The highest BCUT2D eigenvalue weighted by Crippen LogP contribution is 2.37. The predicted molar refractivity (Wildman–Crippen MR) is 136 cm³/mol. The summed E-state index contributed by atoms with van der Waals surface area (Å²) in [6, 6.07) is 23.2. The first-order chi connectivity index (χ1) is 17.5. The van der Waals surface area contributed by atoms with Crippen molar-refractivity contribution in [1.29, 1.82) is 0 Å². The second-order valence-corrected chi connectivity index (χ2v) is 9.01. The molecule has 0 bridgehead atoms. The van der Waals surface area contributed by atoms with Crippen molar-refractivity contribution < 1.29 is 18.7 Å². The fraction of sp³-hybridized carbons (Fsp3) is 0.241. The summed E-state index contributed by atoms with van der Waals surface area (Å²) in [5.41, 5.74) is 2.48. The number of ether oxygens (including phenoxy) is 2. The highest BCUT2D eigenvalue weighted by atomic mass is 19.1. The van der Waals surface area contributed by atoms with Gasteiger partial charge in [-0.2, -0.15) is 5.10 Å². The van der Waals surface area contributed by atoms with Crippen molar-refractivity contribution >= 4 is 5.91 Å². The third-order valence-corrected chi connectivity index (χ3v) is 6.33. The molecular weight excluding hydrogens is 457 g/mol. The van der Waals surface area contributed by atoms with Gasteiger partial charge in [0.2, 0.25) is 5.88 Å². The zero-order chi connectivity index (χ0) is 25.1. The molecule has 6 nitrogen and oxygen atoms in total. The van der Waals surface area contributed by atoms with Gasteiger partial charge in [0.15, 0.2) is 0 Å². The van der Waals surface area contributed by atoms with Crippen LogP contribution in [0.15, 0.2) is 78.9 Å². The number of nitrogens with zero attached hydrogens (tertiary/aromatic N) is 3. The average Bonchev–Trinajstić information content (AvgIpc) is 3.68. The Morgan fingerprint density at radius 2 is 1.67 bits per heavy atom. The van der Waals surface area contributed by atoms with Gasteiger partial charge in [0.05, 0.1) is 24.8 Å². The summed E-state index contributed by atoms with van der Waals surface area (Å²) >= 11 is 0. The van der Waals surface area contributed by atoms with E-state index < -0.39 is 5.82 Å². The number of hydrogen-bond donors (Lipinski definition) is 0. The first-order valence-corrected chi connectivity index (χ1v) is 12.0. The lowest BCUT2D eigenvalue weighted by atomic mass is 10.1. The molecule has 0 unspecified atom stereocenters. The minimum atomic E-state index is -0.521. The van der Waals surface area contributed by atoms with Gasteiger partial charge in [-0.05, 0) is 55.2 Å². The third-order valence-electron chi connectivity index (χ3n) is 6.33. The van der Waals surface area contributed by atoms with Crippen LogP contribution in [0, 0.1) is 11.7 Å². The van der Waals surface area contributed by atoms with Crippen molar-refractivity contribution in [3.8, 4) is 28.6 Å². The van der Waals surface area contributed by atoms with E-state index in [0.29, 0.717) is 24.1 Å². The van der Waals surface area contributed by atoms with Crippen molar-refractivity contribution in [2.45, 2.75) is 19.4 Å². The van der Waals surface area contributed by atoms with Crippen LogP contribution >= 0.6 is 0 Å². The Kier molecular flexibility index (Phi) is 6.71. The van der Waals surface area contributed by atoms with Crippen LogP contribution in [0.25, 0.3) is 11.3 Å². The first-order valence-electron chi connectivity index (χ1n) is 12.0. The molecule has 184 valence electrons. The van der Waals surface area contributed by atoms with Gasteiger partial charge < -0.3 is 14.4 Å². The van der Waals surface area contributed by atoms with E-state index in [2.05, 4.69) is 0 Å². The van der Waals surface area contributed by atoms with Crippen molar-refractivity contribution in [2.75, 3.05) is 13.7 Å². The summed E-state index contributed by atoms with van der Waals surface area (Å²) in [6.07, 6.45) is 2.13. The number of benzene rings is 3. The van der Waals surface area contributed by atoms with Crippen molar-refractivity contribution in [2.24, 2.45) is 13.0 Å². The van der Waals surface area contributed by atoms with E-state index in [1.165, 1.54) is 12.1 Å². The molecule has 0 aliphatic heterocycles. The molecule has 1 amide bonds. The van der Waals surface area contributed by atoms with Crippen molar-refractivity contribution in [1.82, 2.24) is 14.7 Å². The van der Waals surface area contributed by atoms with Crippen LogP contribution < -0.4 is 9.47 Å². The molecule has 36 heavy (non-hydrogen) atoms. The van der Waals surface area contributed by atoms with Crippen LogP contribution in [0.4, 0.5) is 4.39 Å². The van der Waals surface area contributed by atoms with Crippen LogP contribution in [-0.4, -0.2) is 34.2 Å². The van der Waals surface area contributed by atoms with E-state index in [1.54, 1.807) is 28.8 Å². The molecule has 1 aliphatic rings. The van der Waals surface area contributed by atoms with Gasteiger partial charge in [-0.3, -0.25) is 4.79 Å². The van der Waals surface area contributed by atoms with Gasteiger partial charge >= 0.3 is 0 Å². The highest BCUT2D eigenvalue weighted by molar-refractivity contribution is 5.94. The van der Waals surface area contributed by atoms with Crippen molar-refractivity contribution in [3.63, 3.8) is 0 Å². The van der Waals surface area contributed by atoms with Crippen LogP contribution in [0.2, 0.25) is 0 Å². The average molecular weight is 486 g/mol. The van der Waals surface area contributed by atoms with Gasteiger partial charge in [-0.15, -0.1) is 0 Å². The molecular formula is C29H28FN3O3. The van der Waals surface area contributed by atoms with Gasteiger partial charge in [-0.25, -0.2) is 9.07 Å². The summed E-state index contributed by atoms with van der Waals surface area (Å²) in [6.45, 7) is 0.797. The quantitative estimate of drug-likeness (QED) is 0.288. The fourth-order valence-corrected chi connectivity index (χ4v) is 4.23. The summed E-state index contributed by atoms with van der Waals surface area (Å²) in [4.78, 5) is 15.3. The van der Waals surface area contributed by atoms with Crippen LogP contribution in [0.3, 0.4) is 0 Å². The summed E-state index contributed by atoms with van der Waals surface area (Å²) in [7, 11) is 3.43. The number of carbonyl (C=O) groups is 1. The highest BCUT2D eigenvalue weighted by Gasteiger charge is 2.31. The zero-order valence-corrected chi connectivity index (χ0v) is 20.4. The molecule has 1 saturated carbocycles. The van der Waals surface area contributed by atoms with Gasteiger partial charge in [0.1, 0.15) is 23.0 Å². The number of hydrogen-bond acceptors (Lipinski definition) is 4. The summed E-state index contributed by atoms with van der Waals surface area (Å²) < 4.78 is 27.8. The smallest absolute Gasteiger partial charge is 0.257 e. The molecule has 5 rings (SSSR count). The molecule has 0 atom stereocenters. The van der Waals surface area contributed by atoms with Crippen LogP contribution in [-0.2, 0) is 13.6 Å². The molecule has 0 radical (unpaired) electrons. The minimum Gasteiger partial charge on any atom is -0.497 e. The number of carbonyl (C=O) groups excluding carboxylic acids is 1. The Morgan fingerprint density at radius 1 is 1.00 bits per heavy atom. The number of amides is 1. The maximum Gasteiger partial charge on any atom is 0.257 e. The molecule has 1 heterocycles. The third kappa shape index (κ3) is 5.10. The Hall–Kier alpha value is -4.13. The summed E-state index contributed by atoms with van der Waals surface area (Å²) in [5.74, 6) is 1.44. The number of methoxy groups -OCH3 is 1. The number of aryl methyl sites for hydroxylation is 1. The van der Waals surface area contributed by atoms with Gasteiger partial charge in [0, 0.05) is 19.2 Å². The lowest BCUT2D eigenvalue weighted by Crippen LogP contribution is -2.33. The molecule has 0 saturated heterocycles. The second-order valence-electron chi connectivity index (χ2n) is 9.01. The van der Waals surface area contributed by atoms with Crippen molar-refractivity contribution in [3.05, 3.63) is 95.8 Å². The topological polar surface area (TPSA) is 56.6 Å². The van der Waals surface area contributed by atoms with E-state index in [4.69, 9.17) is 14.6 Å². The lowest BCUT2D eigenvalue weighted by molar-refractivity contribution is 0.0729. The molecule has 3 aromatic carbocycles. The van der Waals surface area contributed by atoms with E-state index in [-0.39, 0.29) is 18.0 Å². The molecule has 1 aliphatic carbocycles. The molecule has 0 spiro atoms. The standard InChI is InChI=1S/C29H28FN3O3/c1-32-29(36-23-16-14-22(35-2)15-17-23)25(27(31-32)21-8-4-3-5-9-21)19-33(18-20-12-13-20)28(34)24-10-6-7-11-26(24)30/h3-11,14-17,20H,12-13,18-19H2,1-2H3. The predicted octanol–water partition coefficient (Wildman–Crippen LogP) is 6.08. The monoisotopic (exact) mass is 485 g/mol. The number of rotatable bonds is 9. The van der Waals surface area contributed by atoms with E-state index in [0.717, 1.165) is 35.4 Å². The van der Waals surface area contributed by atoms with E-state index in [1.807, 2.05) is 61.6 Å². The van der Waals surface area contributed by atoms with Gasteiger partial charge in [-0.1, -0.05) is 42.5 Å². The Morgan fingerprint density at radius 3 is 2.33 bits per heavy atom. The number of aromatic nitrogens is 2. The Labute approximate surface area is 209 Å². The van der Waals surface area contributed by atoms with Crippen LogP contribution in [0.1, 0.15) is 28.8 Å². The lowest BCUT2D eigenvalue weighted by Gasteiger charge is -2.24. The number of halogens is 1. The van der Waals surface area contributed by atoms with Gasteiger partial charge in [0.25, 0.3) is 5.91 Å². The molecule has 0 N–H and O–H groups in total. The molecule has 7 heteroatoms. The molecule has 1 fully saturated rings. The maximum absolute atomic E-state index is 14.6. The van der Waals surface area contributed by atoms with Crippen LogP contribution in [0.5, 0.6) is 17.4 Å². The minimum absolute atomic E-state index is 0.0703. The zero-order valence-electron chi connectivity index (χ0n) is 20.4. The van der Waals surface area contributed by atoms with E-state index in [9.17, 15) is 9.18 Å². The molecule has 1 aromatic heterocycles. The SMILES string of the molecule is COc1ccc(Oc2c(CN(CC3CC3)C(=O)c3ccccc3F)c(-c3ccccc3)nn2C)cc1. The first kappa shape index (κ1) is 23.6. The normalized spacial score (nSPS) is 12.9.